The highest BCUT2D eigenvalue weighted by molar-refractivity contribution is 5.81. The van der Waals surface area contributed by atoms with E-state index in [1.165, 1.54) is 0 Å². The lowest BCUT2D eigenvalue weighted by Crippen LogP contribution is -2.28. The molecule has 1 rings (SSSR count). The summed E-state index contributed by atoms with van der Waals surface area (Å²) in [7, 11) is 0. The van der Waals surface area contributed by atoms with Gasteiger partial charge in [0, 0.05) is 11.5 Å². The molecule has 0 bridgehead atoms. The van der Waals surface area contributed by atoms with Crippen molar-refractivity contribution in [2.24, 2.45) is 5.41 Å². The molecule has 0 aliphatic rings. The van der Waals surface area contributed by atoms with Gasteiger partial charge < -0.3 is 9.84 Å². The van der Waals surface area contributed by atoms with Gasteiger partial charge in [-0.1, -0.05) is 50.8 Å². The number of ether oxygens (including phenoxy) is 1. The molecule has 3 heteroatoms. The molecule has 92 valence electrons. The van der Waals surface area contributed by atoms with E-state index in [1.54, 1.807) is 0 Å². The molecular formula is C14H18O3. The third kappa shape index (κ3) is 3.71. The maximum Gasteiger partial charge on any atom is 0.330 e. The first-order chi connectivity index (χ1) is 7.97. The van der Waals surface area contributed by atoms with Crippen LogP contribution in [0.5, 0.6) is 0 Å². The second kappa shape index (κ2) is 5.64. The van der Waals surface area contributed by atoms with Crippen LogP contribution in [-0.2, 0) is 9.53 Å². The van der Waals surface area contributed by atoms with Gasteiger partial charge in [-0.05, 0) is 5.56 Å². The van der Waals surface area contributed by atoms with Crippen molar-refractivity contribution in [2.45, 2.75) is 20.0 Å². The minimum atomic E-state index is -0.679. The van der Waals surface area contributed by atoms with E-state index in [-0.39, 0.29) is 6.61 Å². The molecule has 1 N–H and O–H groups in total. The van der Waals surface area contributed by atoms with Crippen molar-refractivity contribution in [3.63, 3.8) is 0 Å². The van der Waals surface area contributed by atoms with E-state index >= 15 is 0 Å². The minimum Gasteiger partial charge on any atom is -0.462 e. The van der Waals surface area contributed by atoms with Crippen LogP contribution in [0.1, 0.15) is 25.5 Å². The minimum absolute atomic E-state index is 0.147. The Labute approximate surface area is 102 Å². The second-order valence-electron chi connectivity index (χ2n) is 4.61. The number of hydrogen-bond donors (Lipinski definition) is 1. The second-order valence-corrected chi connectivity index (χ2v) is 4.61. The fourth-order valence-electron chi connectivity index (χ4n) is 1.48. The molecule has 0 saturated heterocycles. The Hall–Kier alpha value is -1.61. The molecule has 1 unspecified atom stereocenters. The molecule has 17 heavy (non-hydrogen) atoms. The average molecular weight is 234 g/mol. The molecule has 0 saturated carbocycles. The molecule has 0 spiro atoms. The first-order valence-corrected chi connectivity index (χ1v) is 5.49. The number of aliphatic hydroxyl groups is 1. The van der Waals surface area contributed by atoms with Crippen LogP contribution in [-0.4, -0.2) is 17.7 Å². The van der Waals surface area contributed by atoms with Gasteiger partial charge in [0.1, 0.15) is 0 Å². The highest BCUT2D eigenvalue weighted by Crippen LogP contribution is 2.33. The van der Waals surface area contributed by atoms with E-state index in [1.807, 2.05) is 44.2 Å². The Morgan fingerprint density at radius 2 is 2.06 bits per heavy atom. The predicted molar refractivity (Wildman–Crippen MR) is 66.3 cm³/mol. The van der Waals surface area contributed by atoms with E-state index in [0.29, 0.717) is 0 Å². The molecule has 0 amide bonds. The zero-order valence-corrected chi connectivity index (χ0v) is 10.2. The van der Waals surface area contributed by atoms with Crippen molar-refractivity contribution in [1.29, 1.82) is 0 Å². The monoisotopic (exact) mass is 234 g/mol. The molecule has 0 aliphatic heterocycles. The molecule has 0 radical (unpaired) electrons. The van der Waals surface area contributed by atoms with Crippen molar-refractivity contribution < 1.29 is 14.6 Å². The lowest BCUT2D eigenvalue weighted by molar-refractivity contribution is -0.143. The number of carbonyl (C=O) groups is 1. The summed E-state index contributed by atoms with van der Waals surface area (Å²) < 4.78 is 4.98. The summed E-state index contributed by atoms with van der Waals surface area (Å²) in [6.45, 7) is 7.17. The van der Waals surface area contributed by atoms with Crippen molar-refractivity contribution >= 4 is 5.97 Å². The van der Waals surface area contributed by atoms with Gasteiger partial charge in [-0.15, -0.1) is 0 Å². The van der Waals surface area contributed by atoms with Gasteiger partial charge in [0.05, 0.1) is 12.7 Å². The summed E-state index contributed by atoms with van der Waals surface area (Å²) in [4.78, 5) is 11.0. The van der Waals surface area contributed by atoms with Gasteiger partial charge in [-0.2, -0.15) is 0 Å². The van der Waals surface area contributed by atoms with E-state index in [0.717, 1.165) is 11.6 Å². The van der Waals surface area contributed by atoms with Crippen LogP contribution in [0.15, 0.2) is 43.0 Å². The maximum atomic E-state index is 11.0. The van der Waals surface area contributed by atoms with Crippen molar-refractivity contribution in [2.75, 3.05) is 6.61 Å². The largest absolute Gasteiger partial charge is 0.462 e. The highest BCUT2D eigenvalue weighted by Gasteiger charge is 2.30. The fraction of sp³-hybridized carbons (Fsp3) is 0.357. The molecular weight excluding hydrogens is 216 g/mol. The van der Waals surface area contributed by atoms with Gasteiger partial charge in [-0.3, -0.25) is 0 Å². The van der Waals surface area contributed by atoms with Gasteiger partial charge in [-0.25, -0.2) is 4.79 Å². The summed E-state index contributed by atoms with van der Waals surface area (Å²) in [5, 5.41) is 10.2. The van der Waals surface area contributed by atoms with E-state index < -0.39 is 17.5 Å². The predicted octanol–water partition coefficient (Wildman–Crippen LogP) is 2.48. The molecule has 0 aromatic heterocycles. The summed E-state index contributed by atoms with van der Waals surface area (Å²) in [5.74, 6) is -0.474. The highest BCUT2D eigenvalue weighted by atomic mass is 16.5. The van der Waals surface area contributed by atoms with Gasteiger partial charge in [0.25, 0.3) is 0 Å². The lowest BCUT2D eigenvalue weighted by Gasteiger charge is -2.30. The Balaban J connectivity index is 2.69. The standard InChI is InChI=1S/C14H18O3/c1-4-12(15)17-10-14(2,3)13(16)11-8-6-5-7-9-11/h4-9,13,16H,1,10H2,2-3H3. The van der Waals surface area contributed by atoms with Gasteiger partial charge in [0.2, 0.25) is 0 Å². The van der Waals surface area contributed by atoms with Gasteiger partial charge >= 0.3 is 5.97 Å². The van der Waals surface area contributed by atoms with Crippen molar-refractivity contribution in [3.8, 4) is 0 Å². The molecule has 3 nitrogen and oxygen atoms in total. The average Bonchev–Trinajstić information content (AvgIpc) is 2.36. The number of benzene rings is 1. The van der Waals surface area contributed by atoms with E-state index in [2.05, 4.69) is 6.58 Å². The van der Waals surface area contributed by atoms with E-state index in [4.69, 9.17) is 4.74 Å². The molecule has 1 aromatic rings. The van der Waals surface area contributed by atoms with Crippen LogP contribution in [0.25, 0.3) is 0 Å². The van der Waals surface area contributed by atoms with Crippen molar-refractivity contribution in [1.82, 2.24) is 0 Å². The van der Waals surface area contributed by atoms with Crippen LogP contribution >= 0.6 is 0 Å². The number of rotatable bonds is 5. The molecule has 0 aliphatic carbocycles. The summed E-state index contributed by atoms with van der Waals surface area (Å²) in [6.07, 6.45) is 0.437. The Morgan fingerprint density at radius 3 is 2.59 bits per heavy atom. The van der Waals surface area contributed by atoms with Crippen LogP contribution in [0, 0.1) is 5.41 Å². The van der Waals surface area contributed by atoms with Crippen LogP contribution < -0.4 is 0 Å². The number of esters is 1. The first kappa shape index (κ1) is 13.5. The zero-order chi connectivity index (χ0) is 12.9. The number of hydrogen-bond acceptors (Lipinski definition) is 3. The third-order valence-corrected chi connectivity index (χ3v) is 2.61. The Kier molecular flexibility index (Phi) is 4.46. The van der Waals surface area contributed by atoms with Crippen LogP contribution in [0.3, 0.4) is 0 Å². The number of aliphatic hydroxyl groups excluding tert-OH is 1. The number of carbonyl (C=O) groups excluding carboxylic acids is 1. The van der Waals surface area contributed by atoms with Crippen molar-refractivity contribution in [3.05, 3.63) is 48.6 Å². The Morgan fingerprint density at radius 1 is 1.47 bits per heavy atom. The molecule has 0 fully saturated rings. The normalized spacial score (nSPS) is 12.9. The van der Waals surface area contributed by atoms with Crippen LogP contribution in [0.2, 0.25) is 0 Å². The first-order valence-electron chi connectivity index (χ1n) is 5.49. The third-order valence-electron chi connectivity index (χ3n) is 2.61. The summed E-state index contributed by atoms with van der Waals surface area (Å²) in [5.41, 5.74) is 0.271. The molecule has 0 heterocycles. The topological polar surface area (TPSA) is 46.5 Å². The molecule has 1 atom stereocenters. The summed E-state index contributed by atoms with van der Waals surface area (Å²) in [6, 6.07) is 9.32. The lowest BCUT2D eigenvalue weighted by atomic mass is 9.83. The summed E-state index contributed by atoms with van der Waals surface area (Å²) >= 11 is 0. The fourth-order valence-corrected chi connectivity index (χ4v) is 1.48. The van der Waals surface area contributed by atoms with Gasteiger partial charge in [0.15, 0.2) is 0 Å². The Bertz CT molecular complexity index is 382. The molecule has 1 aromatic carbocycles. The van der Waals surface area contributed by atoms with E-state index in [9.17, 15) is 9.90 Å². The zero-order valence-electron chi connectivity index (χ0n) is 10.2. The maximum absolute atomic E-state index is 11.0. The SMILES string of the molecule is C=CC(=O)OCC(C)(C)C(O)c1ccccc1. The van der Waals surface area contributed by atoms with Crippen LogP contribution in [0.4, 0.5) is 0 Å². The smallest absolute Gasteiger partial charge is 0.330 e. The quantitative estimate of drug-likeness (QED) is 0.629.